The molecule has 7 nitrogen and oxygen atoms in total. The second-order valence-electron chi connectivity index (χ2n) is 6.53. The monoisotopic (exact) mass is 492 g/mol. The Bertz CT molecular complexity index is 986. The third kappa shape index (κ3) is 4.04. The molecular formula is C19H18FIN6O. The molecule has 9 heteroatoms. The molecule has 2 aromatic carbocycles. The van der Waals surface area contributed by atoms with Gasteiger partial charge in [-0.15, -0.1) is 5.10 Å². The Morgan fingerprint density at radius 3 is 2.61 bits per heavy atom. The second kappa shape index (κ2) is 8.31. The highest BCUT2D eigenvalue weighted by Gasteiger charge is 2.24. The summed E-state index contributed by atoms with van der Waals surface area (Å²) < 4.78 is 16.0. The van der Waals surface area contributed by atoms with Gasteiger partial charge < -0.3 is 4.90 Å². The highest BCUT2D eigenvalue weighted by Crippen LogP contribution is 2.17. The summed E-state index contributed by atoms with van der Waals surface area (Å²) in [5.41, 5.74) is 1.33. The number of rotatable bonds is 4. The highest BCUT2D eigenvalue weighted by atomic mass is 127. The fourth-order valence-electron chi connectivity index (χ4n) is 3.23. The number of amides is 1. The van der Waals surface area contributed by atoms with E-state index in [0.29, 0.717) is 31.1 Å². The first-order valence-corrected chi connectivity index (χ1v) is 9.99. The van der Waals surface area contributed by atoms with Crippen molar-refractivity contribution < 1.29 is 9.18 Å². The van der Waals surface area contributed by atoms with Gasteiger partial charge in [0, 0.05) is 29.7 Å². The minimum atomic E-state index is -0.332. The number of hydrogen-bond acceptors (Lipinski definition) is 5. The van der Waals surface area contributed by atoms with E-state index in [1.165, 1.54) is 12.1 Å². The lowest BCUT2D eigenvalue weighted by Crippen LogP contribution is -2.48. The average molecular weight is 492 g/mol. The molecule has 0 unspecified atom stereocenters. The molecule has 1 amide bonds. The molecule has 0 saturated carbocycles. The zero-order valence-corrected chi connectivity index (χ0v) is 17.2. The lowest BCUT2D eigenvalue weighted by atomic mass is 10.2. The van der Waals surface area contributed by atoms with Crippen LogP contribution in [0.1, 0.15) is 16.2 Å². The van der Waals surface area contributed by atoms with E-state index < -0.39 is 0 Å². The molecule has 4 rings (SSSR count). The number of hydrogen-bond donors (Lipinski definition) is 0. The van der Waals surface area contributed by atoms with Gasteiger partial charge in [0.2, 0.25) is 0 Å². The van der Waals surface area contributed by atoms with Crippen LogP contribution < -0.4 is 0 Å². The van der Waals surface area contributed by atoms with E-state index >= 15 is 0 Å². The Morgan fingerprint density at radius 1 is 1.07 bits per heavy atom. The standard InChI is InChI=1S/C19H18FIN6O/c20-14-4-3-5-15(12-14)27-18(22-23-24-27)13-25-8-10-26(11-9-25)19(28)16-6-1-2-7-17(16)21/h1-7,12H,8-11,13H2. The van der Waals surface area contributed by atoms with Gasteiger partial charge >= 0.3 is 0 Å². The quantitative estimate of drug-likeness (QED) is 0.524. The lowest BCUT2D eigenvalue weighted by molar-refractivity contribution is 0.0623. The van der Waals surface area contributed by atoms with Crippen molar-refractivity contribution in [3.63, 3.8) is 0 Å². The van der Waals surface area contributed by atoms with Gasteiger partial charge in [-0.05, 0) is 63.3 Å². The first-order valence-electron chi connectivity index (χ1n) is 8.91. The number of halogens is 2. The molecule has 0 aliphatic carbocycles. The molecule has 1 aromatic heterocycles. The number of tetrazole rings is 1. The normalized spacial score (nSPS) is 15.0. The molecule has 0 radical (unpaired) electrons. The second-order valence-corrected chi connectivity index (χ2v) is 7.70. The molecule has 0 spiro atoms. The Kier molecular flexibility index (Phi) is 5.62. The van der Waals surface area contributed by atoms with Crippen molar-refractivity contribution in [2.45, 2.75) is 6.54 Å². The Hall–Kier alpha value is -2.40. The van der Waals surface area contributed by atoms with Crippen LogP contribution in [-0.4, -0.2) is 62.1 Å². The van der Waals surface area contributed by atoms with Gasteiger partial charge in [0.1, 0.15) is 5.82 Å². The van der Waals surface area contributed by atoms with Crippen molar-refractivity contribution in [1.82, 2.24) is 30.0 Å². The summed E-state index contributed by atoms with van der Waals surface area (Å²) in [6.45, 7) is 3.28. The topological polar surface area (TPSA) is 67.2 Å². The summed E-state index contributed by atoms with van der Waals surface area (Å²) in [5, 5.41) is 11.8. The van der Waals surface area contributed by atoms with Gasteiger partial charge in [-0.2, -0.15) is 4.68 Å². The highest BCUT2D eigenvalue weighted by molar-refractivity contribution is 14.1. The summed E-state index contributed by atoms with van der Waals surface area (Å²) in [6.07, 6.45) is 0. The maximum absolute atomic E-state index is 13.5. The minimum Gasteiger partial charge on any atom is -0.336 e. The van der Waals surface area contributed by atoms with E-state index in [-0.39, 0.29) is 11.7 Å². The van der Waals surface area contributed by atoms with Crippen molar-refractivity contribution in [2.24, 2.45) is 0 Å². The van der Waals surface area contributed by atoms with Gasteiger partial charge in [-0.1, -0.05) is 18.2 Å². The molecule has 1 aliphatic heterocycles. The zero-order chi connectivity index (χ0) is 19.5. The Labute approximate surface area is 175 Å². The predicted octanol–water partition coefficient (Wildman–Crippen LogP) is 2.36. The molecule has 144 valence electrons. The minimum absolute atomic E-state index is 0.0641. The van der Waals surface area contributed by atoms with E-state index in [9.17, 15) is 9.18 Å². The molecule has 3 aromatic rings. The molecule has 0 atom stereocenters. The fourth-order valence-corrected chi connectivity index (χ4v) is 3.84. The fraction of sp³-hybridized carbons (Fsp3) is 0.263. The third-order valence-electron chi connectivity index (χ3n) is 4.72. The molecule has 1 fully saturated rings. The van der Waals surface area contributed by atoms with E-state index in [1.807, 2.05) is 29.2 Å². The SMILES string of the molecule is O=C(c1ccccc1I)N1CCN(Cc2nnnn2-c2cccc(F)c2)CC1. The van der Waals surface area contributed by atoms with E-state index in [1.54, 1.807) is 16.8 Å². The van der Waals surface area contributed by atoms with Crippen LogP contribution in [0.3, 0.4) is 0 Å². The molecule has 2 heterocycles. The molecular weight excluding hydrogens is 474 g/mol. The van der Waals surface area contributed by atoms with E-state index in [0.717, 1.165) is 22.2 Å². The third-order valence-corrected chi connectivity index (χ3v) is 5.66. The van der Waals surface area contributed by atoms with Crippen LogP contribution in [0.15, 0.2) is 48.5 Å². The molecule has 28 heavy (non-hydrogen) atoms. The van der Waals surface area contributed by atoms with Crippen molar-refractivity contribution in [1.29, 1.82) is 0 Å². The van der Waals surface area contributed by atoms with Crippen LogP contribution in [-0.2, 0) is 6.54 Å². The van der Waals surface area contributed by atoms with Crippen molar-refractivity contribution >= 4 is 28.5 Å². The summed E-state index contributed by atoms with van der Waals surface area (Å²) >= 11 is 2.19. The van der Waals surface area contributed by atoms with Gasteiger partial charge in [0.05, 0.1) is 17.8 Å². The number of piperazine rings is 1. The molecule has 1 aliphatic rings. The van der Waals surface area contributed by atoms with Gasteiger partial charge in [-0.25, -0.2) is 4.39 Å². The average Bonchev–Trinajstić information content (AvgIpc) is 3.17. The van der Waals surface area contributed by atoms with E-state index in [2.05, 4.69) is 43.0 Å². The first-order chi connectivity index (χ1) is 13.6. The molecule has 0 bridgehead atoms. The van der Waals surface area contributed by atoms with Crippen LogP contribution in [0.4, 0.5) is 4.39 Å². The maximum atomic E-state index is 13.5. The van der Waals surface area contributed by atoms with Crippen molar-refractivity contribution in [3.8, 4) is 5.69 Å². The van der Waals surface area contributed by atoms with Crippen LogP contribution in [0.25, 0.3) is 5.69 Å². The summed E-state index contributed by atoms with van der Waals surface area (Å²) in [4.78, 5) is 16.8. The van der Waals surface area contributed by atoms with Gasteiger partial charge in [0.15, 0.2) is 5.82 Å². The lowest BCUT2D eigenvalue weighted by Gasteiger charge is -2.34. The Balaban J connectivity index is 1.40. The summed E-state index contributed by atoms with van der Waals surface area (Å²) in [7, 11) is 0. The van der Waals surface area contributed by atoms with Crippen LogP contribution in [0.2, 0.25) is 0 Å². The number of benzene rings is 2. The largest absolute Gasteiger partial charge is 0.336 e. The summed E-state index contributed by atoms with van der Waals surface area (Å²) in [6, 6.07) is 13.8. The van der Waals surface area contributed by atoms with Crippen molar-refractivity contribution in [2.75, 3.05) is 26.2 Å². The van der Waals surface area contributed by atoms with E-state index in [4.69, 9.17) is 0 Å². The number of carbonyl (C=O) groups is 1. The van der Waals surface area contributed by atoms with Crippen LogP contribution in [0.5, 0.6) is 0 Å². The van der Waals surface area contributed by atoms with Gasteiger partial charge in [-0.3, -0.25) is 9.69 Å². The van der Waals surface area contributed by atoms with Crippen LogP contribution in [0, 0.1) is 9.39 Å². The molecule has 0 N–H and O–H groups in total. The maximum Gasteiger partial charge on any atom is 0.255 e. The van der Waals surface area contributed by atoms with Gasteiger partial charge in [0.25, 0.3) is 5.91 Å². The number of aromatic nitrogens is 4. The smallest absolute Gasteiger partial charge is 0.255 e. The number of nitrogens with zero attached hydrogens (tertiary/aromatic N) is 6. The molecule has 1 saturated heterocycles. The number of carbonyl (C=O) groups excluding carboxylic acids is 1. The first kappa shape index (κ1) is 18.9. The zero-order valence-electron chi connectivity index (χ0n) is 15.0. The predicted molar refractivity (Wildman–Crippen MR) is 109 cm³/mol. The van der Waals surface area contributed by atoms with Crippen LogP contribution >= 0.6 is 22.6 Å². The Morgan fingerprint density at radius 2 is 1.86 bits per heavy atom. The van der Waals surface area contributed by atoms with Crippen molar-refractivity contribution in [3.05, 3.63) is 69.3 Å². The summed E-state index contributed by atoms with van der Waals surface area (Å²) in [5.74, 6) is 0.374.